The minimum Gasteiger partial charge on any atom is -0.495 e. The Morgan fingerprint density at radius 1 is 1.30 bits per heavy atom. The van der Waals surface area contributed by atoms with Gasteiger partial charge >= 0.3 is 0 Å². The summed E-state index contributed by atoms with van der Waals surface area (Å²) in [4.78, 5) is 2.31. The maximum atomic E-state index is 5.53. The number of ether oxygens (including phenoxy) is 2. The van der Waals surface area contributed by atoms with Gasteiger partial charge in [0.25, 0.3) is 0 Å². The molecule has 112 valence electrons. The van der Waals surface area contributed by atoms with Crippen molar-refractivity contribution in [1.29, 1.82) is 0 Å². The molecular weight excluding hydrogens is 252 g/mol. The number of hydrogen-bond acceptors (Lipinski definition) is 4. The number of anilines is 1. The lowest BCUT2D eigenvalue weighted by Crippen LogP contribution is -2.46. The summed E-state index contributed by atoms with van der Waals surface area (Å²) in [5.41, 5.74) is 1.43. The summed E-state index contributed by atoms with van der Waals surface area (Å²) in [5, 5.41) is 3.35. The average molecular weight is 278 g/mol. The fraction of sp³-hybridized carbons (Fsp3) is 0.625. The molecule has 1 fully saturated rings. The molecule has 20 heavy (non-hydrogen) atoms. The predicted molar refractivity (Wildman–Crippen MR) is 82.7 cm³/mol. The summed E-state index contributed by atoms with van der Waals surface area (Å²) in [6.07, 6.45) is 2.21. The van der Waals surface area contributed by atoms with Crippen LogP contribution >= 0.6 is 0 Å². The van der Waals surface area contributed by atoms with E-state index < -0.39 is 0 Å². The molecule has 1 aliphatic heterocycles. The lowest BCUT2D eigenvalue weighted by molar-refractivity contribution is 0.0196. The van der Waals surface area contributed by atoms with E-state index in [9.17, 15) is 0 Å². The second-order valence-corrected chi connectivity index (χ2v) is 5.67. The van der Waals surface area contributed by atoms with E-state index in [1.807, 2.05) is 19.2 Å². The van der Waals surface area contributed by atoms with Gasteiger partial charge in [-0.2, -0.15) is 0 Å². The van der Waals surface area contributed by atoms with Gasteiger partial charge in [0.1, 0.15) is 5.75 Å². The molecule has 4 nitrogen and oxygen atoms in total. The van der Waals surface area contributed by atoms with E-state index >= 15 is 0 Å². The second kappa shape index (κ2) is 6.95. The highest BCUT2D eigenvalue weighted by Gasteiger charge is 2.33. The van der Waals surface area contributed by atoms with Gasteiger partial charge in [-0.3, -0.25) is 0 Å². The molecule has 0 amide bonds. The smallest absolute Gasteiger partial charge is 0.142 e. The number of rotatable bonds is 6. The van der Waals surface area contributed by atoms with Crippen LogP contribution < -0.4 is 15.0 Å². The monoisotopic (exact) mass is 278 g/mol. The molecule has 0 radical (unpaired) electrons. The SMILES string of the molecule is CNCC1(CN(C)c2ccccc2OC)CCOCC1. The Labute approximate surface area is 122 Å². The van der Waals surface area contributed by atoms with Crippen LogP contribution in [0.4, 0.5) is 5.69 Å². The highest BCUT2D eigenvalue weighted by Crippen LogP contribution is 2.34. The molecule has 1 saturated heterocycles. The van der Waals surface area contributed by atoms with Crippen molar-refractivity contribution in [1.82, 2.24) is 5.32 Å². The molecule has 0 unspecified atom stereocenters. The lowest BCUT2D eigenvalue weighted by atomic mass is 9.79. The Kier molecular flexibility index (Phi) is 5.26. The minimum absolute atomic E-state index is 0.280. The molecule has 0 bridgehead atoms. The van der Waals surface area contributed by atoms with Gasteiger partial charge in [-0.15, -0.1) is 0 Å². The Bertz CT molecular complexity index is 411. The van der Waals surface area contributed by atoms with Gasteiger partial charge in [-0.1, -0.05) is 12.1 Å². The molecule has 0 aromatic heterocycles. The first-order valence-corrected chi connectivity index (χ1v) is 7.27. The molecule has 4 heteroatoms. The summed E-state index contributed by atoms with van der Waals surface area (Å²) in [5.74, 6) is 0.932. The first kappa shape index (κ1) is 15.1. The maximum Gasteiger partial charge on any atom is 0.142 e. The van der Waals surface area contributed by atoms with Crippen LogP contribution in [-0.2, 0) is 4.74 Å². The van der Waals surface area contributed by atoms with E-state index in [2.05, 4.69) is 29.4 Å². The summed E-state index contributed by atoms with van der Waals surface area (Å²) < 4.78 is 11.0. The number of nitrogens with zero attached hydrogens (tertiary/aromatic N) is 1. The fourth-order valence-electron chi connectivity index (χ4n) is 3.10. The van der Waals surface area contributed by atoms with Crippen molar-refractivity contribution in [2.75, 3.05) is 52.4 Å². The topological polar surface area (TPSA) is 33.7 Å². The van der Waals surface area contributed by atoms with Crippen molar-refractivity contribution < 1.29 is 9.47 Å². The van der Waals surface area contributed by atoms with E-state index in [0.717, 1.165) is 50.6 Å². The van der Waals surface area contributed by atoms with Crippen molar-refractivity contribution in [2.24, 2.45) is 5.41 Å². The third kappa shape index (κ3) is 3.44. The third-order valence-electron chi connectivity index (χ3n) is 4.17. The van der Waals surface area contributed by atoms with Crippen LogP contribution in [0.15, 0.2) is 24.3 Å². The normalized spacial score (nSPS) is 17.8. The Morgan fingerprint density at radius 2 is 2.00 bits per heavy atom. The largest absolute Gasteiger partial charge is 0.495 e. The van der Waals surface area contributed by atoms with Crippen LogP contribution in [0.3, 0.4) is 0 Å². The van der Waals surface area contributed by atoms with Gasteiger partial charge < -0.3 is 19.7 Å². The van der Waals surface area contributed by atoms with E-state index in [0.29, 0.717) is 0 Å². The van der Waals surface area contributed by atoms with Crippen LogP contribution in [0, 0.1) is 5.41 Å². The van der Waals surface area contributed by atoms with Gasteiger partial charge in [0.15, 0.2) is 0 Å². The van der Waals surface area contributed by atoms with Crippen molar-refractivity contribution in [3.63, 3.8) is 0 Å². The number of nitrogens with one attached hydrogen (secondary N) is 1. The second-order valence-electron chi connectivity index (χ2n) is 5.67. The standard InChI is InChI=1S/C16H26N2O2/c1-17-12-16(8-10-20-11-9-16)13-18(2)14-6-4-5-7-15(14)19-3/h4-7,17H,8-13H2,1-3H3. The summed E-state index contributed by atoms with van der Waals surface area (Å²) in [6, 6.07) is 8.20. The molecule has 1 aromatic carbocycles. The van der Waals surface area contributed by atoms with Crippen LogP contribution in [0.1, 0.15) is 12.8 Å². The molecule has 1 aliphatic rings. The van der Waals surface area contributed by atoms with Gasteiger partial charge in [-0.25, -0.2) is 0 Å². The molecule has 0 spiro atoms. The minimum atomic E-state index is 0.280. The van der Waals surface area contributed by atoms with Gasteiger partial charge in [-0.05, 0) is 32.0 Å². The fourth-order valence-corrected chi connectivity index (χ4v) is 3.10. The third-order valence-corrected chi connectivity index (χ3v) is 4.17. The zero-order valence-corrected chi connectivity index (χ0v) is 12.8. The van der Waals surface area contributed by atoms with E-state index in [1.165, 1.54) is 0 Å². The van der Waals surface area contributed by atoms with Crippen molar-refractivity contribution >= 4 is 5.69 Å². The highest BCUT2D eigenvalue weighted by molar-refractivity contribution is 5.58. The number of para-hydroxylation sites is 2. The summed E-state index contributed by atoms with van der Waals surface area (Å²) >= 11 is 0. The molecule has 1 heterocycles. The van der Waals surface area contributed by atoms with Crippen molar-refractivity contribution in [2.45, 2.75) is 12.8 Å². The number of benzene rings is 1. The first-order valence-electron chi connectivity index (χ1n) is 7.27. The molecule has 1 aromatic rings. The maximum absolute atomic E-state index is 5.53. The van der Waals surface area contributed by atoms with Crippen molar-refractivity contribution in [3.05, 3.63) is 24.3 Å². The quantitative estimate of drug-likeness (QED) is 0.864. The van der Waals surface area contributed by atoms with Crippen LogP contribution in [-0.4, -0.2) is 47.5 Å². The first-order chi connectivity index (χ1) is 9.71. The highest BCUT2D eigenvalue weighted by atomic mass is 16.5. The van der Waals surface area contributed by atoms with Gasteiger partial charge in [0, 0.05) is 38.8 Å². The average Bonchev–Trinajstić information content (AvgIpc) is 2.48. The summed E-state index contributed by atoms with van der Waals surface area (Å²) in [7, 11) is 5.90. The number of hydrogen-bond donors (Lipinski definition) is 1. The van der Waals surface area contributed by atoms with Crippen LogP contribution in [0.2, 0.25) is 0 Å². The van der Waals surface area contributed by atoms with E-state index in [-0.39, 0.29) is 5.41 Å². The Hall–Kier alpha value is -1.26. The van der Waals surface area contributed by atoms with E-state index in [4.69, 9.17) is 9.47 Å². The number of methoxy groups -OCH3 is 1. The molecular formula is C16H26N2O2. The Morgan fingerprint density at radius 3 is 2.65 bits per heavy atom. The van der Waals surface area contributed by atoms with Crippen molar-refractivity contribution in [3.8, 4) is 5.75 Å². The lowest BCUT2D eigenvalue weighted by Gasteiger charge is -2.40. The molecule has 0 atom stereocenters. The van der Waals surface area contributed by atoms with Gasteiger partial charge in [0.05, 0.1) is 12.8 Å². The molecule has 0 saturated carbocycles. The molecule has 2 rings (SSSR count). The van der Waals surface area contributed by atoms with Crippen LogP contribution in [0.5, 0.6) is 5.75 Å². The van der Waals surface area contributed by atoms with Gasteiger partial charge in [0.2, 0.25) is 0 Å². The molecule has 0 aliphatic carbocycles. The van der Waals surface area contributed by atoms with E-state index in [1.54, 1.807) is 7.11 Å². The predicted octanol–water partition coefficient (Wildman–Crippen LogP) is 2.15. The van der Waals surface area contributed by atoms with Crippen LogP contribution in [0.25, 0.3) is 0 Å². The zero-order chi connectivity index (χ0) is 14.4. The Balaban J connectivity index is 2.13. The molecule has 1 N–H and O–H groups in total. The summed E-state index contributed by atoms with van der Waals surface area (Å²) in [6.45, 7) is 3.76. The zero-order valence-electron chi connectivity index (χ0n) is 12.8.